The molecule has 6 nitrogen and oxygen atoms in total. The van der Waals surface area contributed by atoms with E-state index in [2.05, 4.69) is 18.7 Å². The molecule has 3 aromatic rings. The fourth-order valence-electron chi connectivity index (χ4n) is 1.85. The third-order valence-electron chi connectivity index (χ3n) is 2.79. The highest BCUT2D eigenvalue weighted by atomic mass is 32.1. The molecule has 1 N–H and O–H groups in total. The van der Waals surface area contributed by atoms with E-state index in [-0.39, 0.29) is 5.56 Å². The van der Waals surface area contributed by atoms with E-state index in [1.54, 1.807) is 0 Å². The topological polar surface area (TPSA) is 74.8 Å². The molecule has 0 spiro atoms. The van der Waals surface area contributed by atoms with Crippen LogP contribution in [-0.2, 0) is 6.54 Å². The molecule has 0 radical (unpaired) electrons. The fourth-order valence-corrected chi connectivity index (χ4v) is 2.37. The first-order valence-electron chi connectivity index (χ1n) is 5.69. The third kappa shape index (κ3) is 2.45. The minimum atomic E-state index is -0.156. The Balaban J connectivity index is 1.85. The van der Waals surface area contributed by atoms with Crippen molar-refractivity contribution in [3.05, 3.63) is 46.5 Å². The molecular weight excluding hydrogens is 262 g/mol. The number of hydrogen-bond acceptors (Lipinski definition) is 6. The monoisotopic (exact) mass is 273 g/mol. The molecule has 1 aromatic carbocycles. The van der Waals surface area contributed by atoms with Crippen LogP contribution in [0.2, 0.25) is 0 Å². The van der Waals surface area contributed by atoms with E-state index < -0.39 is 0 Å². The van der Waals surface area contributed by atoms with Crippen LogP contribution in [0, 0.1) is 0 Å². The van der Waals surface area contributed by atoms with Gasteiger partial charge in [-0.1, -0.05) is 6.07 Å². The Morgan fingerprint density at radius 3 is 2.95 bits per heavy atom. The van der Waals surface area contributed by atoms with Crippen LogP contribution in [-0.4, -0.2) is 25.8 Å². The van der Waals surface area contributed by atoms with E-state index >= 15 is 0 Å². The molecule has 0 bridgehead atoms. The molecule has 2 aromatic heterocycles. The van der Waals surface area contributed by atoms with E-state index in [4.69, 9.17) is 0 Å². The Hall–Kier alpha value is -2.28. The van der Waals surface area contributed by atoms with Crippen LogP contribution in [0.15, 0.2) is 35.4 Å². The van der Waals surface area contributed by atoms with Gasteiger partial charge in [0.15, 0.2) is 0 Å². The summed E-state index contributed by atoms with van der Waals surface area (Å²) in [5.41, 5.74) is 2.75. The van der Waals surface area contributed by atoms with E-state index in [0.29, 0.717) is 12.4 Å². The van der Waals surface area contributed by atoms with Gasteiger partial charge in [0.2, 0.25) is 0 Å². The van der Waals surface area contributed by atoms with Crippen LogP contribution in [0.4, 0.5) is 5.82 Å². The predicted molar refractivity (Wildman–Crippen MR) is 74.4 cm³/mol. The second-order valence-electron chi connectivity index (χ2n) is 4.21. The van der Waals surface area contributed by atoms with E-state index in [0.717, 1.165) is 16.6 Å². The summed E-state index contributed by atoms with van der Waals surface area (Å²) in [6, 6.07) is 7.44. The summed E-state index contributed by atoms with van der Waals surface area (Å²) in [5, 5.41) is 0. The number of hydrogen-bond donors (Lipinski definition) is 1. The zero-order valence-electron chi connectivity index (χ0n) is 10.2. The maximum Gasteiger partial charge on any atom is 0.252 e. The van der Waals surface area contributed by atoms with Gasteiger partial charge in [-0.25, -0.2) is 4.98 Å². The van der Waals surface area contributed by atoms with Gasteiger partial charge in [-0.2, -0.15) is 8.75 Å². The SMILES string of the molecule is CN(Cc1ccc2nsnc2c1)c1cc(=O)[nH]cn1. The molecule has 0 saturated heterocycles. The van der Waals surface area contributed by atoms with Gasteiger partial charge in [0, 0.05) is 19.7 Å². The molecule has 2 heterocycles. The summed E-state index contributed by atoms with van der Waals surface area (Å²) in [6.07, 6.45) is 1.40. The van der Waals surface area contributed by atoms with E-state index in [9.17, 15) is 4.79 Å². The first-order chi connectivity index (χ1) is 9.22. The average molecular weight is 273 g/mol. The van der Waals surface area contributed by atoms with Crippen LogP contribution < -0.4 is 10.5 Å². The van der Waals surface area contributed by atoms with Gasteiger partial charge in [-0.05, 0) is 17.7 Å². The maximum absolute atomic E-state index is 11.2. The van der Waals surface area contributed by atoms with Gasteiger partial charge in [0.1, 0.15) is 16.9 Å². The summed E-state index contributed by atoms with van der Waals surface area (Å²) in [6.45, 7) is 0.657. The highest BCUT2D eigenvalue weighted by molar-refractivity contribution is 7.00. The van der Waals surface area contributed by atoms with Gasteiger partial charge in [-0.15, -0.1) is 0 Å². The van der Waals surface area contributed by atoms with Crippen molar-refractivity contribution >= 4 is 28.6 Å². The number of nitrogens with one attached hydrogen (secondary N) is 1. The van der Waals surface area contributed by atoms with Gasteiger partial charge in [0.05, 0.1) is 18.1 Å². The number of anilines is 1. The second kappa shape index (κ2) is 4.77. The van der Waals surface area contributed by atoms with Crippen molar-refractivity contribution in [1.29, 1.82) is 0 Å². The van der Waals surface area contributed by atoms with Gasteiger partial charge in [0.25, 0.3) is 5.56 Å². The highest BCUT2D eigenvalue weighted by Crippen LogP contribution is 2.16. The predicted octanol–water partition coefficient (Wildman–Crippen LogP) is 1.41. The van der Waals surface area contributed by atoms with Gasteiger partial charge in [-0.3, -0.25) is 4.79 Å². The Kier molecular flexibility index (Phi) is 2.96. The Bertz CT molecular complexity index is 766. The van der Waals surface area contributed by atoms with Crippen molar-refractivity contribution in [1.82, 2.24) is 18.7 Å². The number of nitrogens with zero attached hydrogens (tertiary/aromatic N) is 4. The third-order valence-corrected chi connectivity index (χ3v) is 3.35. The summed E-state index contributed by atoms with van der Waals surface area (Å²) in [4.78, 5) is 19.8. The van der Waals surface area contributed by atoms with Crippen molar-refractivity contribution in [2.75, 3.05) is 11.9 Å². The van der Waals surface area contributed by atoms with Gasteiger partial charge >= 0.3 is 0 Å². The second-order valence-corrected chi connectivity index (χ2v) is 4.74. The lowest BCUT2D eigenvalue weighted by atomic mass is 10.2. The number of H-pyrrole nitrogens is 1. The number of rotatable bonds is 3. The summed E-state index contributed by atoms with van der Waals surface area (Å²) in [5.74, 6) is 0.639. The van der Waals surface area contributed by atoms with E-state index in [1.165, 1.54) is 24.1 Å². The smallest absolute Gasteiger partial charge is 0.252 e. The fraction of sp³-hybridized carbons (Fsp3) is 0.167. The minimum absolute atomic E-state index is 0.156. The van der Waals surface area contributed by atoms with Crippen molar-refractivity contribution in [2.24, 2.45) is 0 Å². The quantitative estimate of drug-likeness (QED) is 0.781. The van der Waals surface area contributed by atoms with Crippen LogP contribution in [0.3, 0.4) is 0 Å². The molecule has 7 heteroatoms. The zero-order chi connectivity index (χ0) is 13.2. The molecule has 0 saturated carbocycles. The van der Waals surface area contributed by atoms with Crippen LogP contribution >= 0.6 is 11.7 Å². The normalized spacial score (nSPS) is 10.8. The zero-order valence-corrected chi connectivity index (χ0v) is 11.0. The summed E-state index contributed by atoms with van der Waals surface area (Å²) in [7, 11) is 1.89. The van der Waals surface area contributed by atoms with E-state index in [1.807, 2.05) is 30.1 Å². The average Bonchev–Trinajstić information content (AvgIpc) is 2.86. The molecule has 0 aliphatic rings. The first-order valence-corrected chi connectivity index (χ1v) is 6.42. The molecule has 0 aliphatic carbocycles. The van der Waals surface area contributed by atoms with Crippen LogP contribution in [0.25, 0.3) is 11.0 Å². The van der Waals surface area contributed by atoms with Crippen molar-refractivity contribution in [3.63, 3.8) is 0 Å². The lowest BCUT2D eigenvalue weighted by Crippen LogP contribution is -2.20. The molecule has 0 amide bonds. The maximum atomic E-state index is 11.2. The number of aromatic nitrogens is 4. The lowest BCUT2D eigenvalue weighted by molar-refractivity contribution is 0.887. The molecule has 0 aliphatic heterocycles. The van der Waals surface area contributed by atoms with Crippen molar-refractivity contribution in [2.45, 2.75) is 6.54 Å². The number of aromatic amines is 1. The molecule has 0 atom stereocenters. The highest BCUT2D eigenvalue weighted by Gasteiger charge is 2.06. The Morgan fingerprint density at radius 1 is 1.26 bits per heavy atom. The molecule has 0 unspecified atom stereocenters. The summed E-state index contributed by atoms with van der Waals surface area (Å²) >= 11 is 1.21. The molecule has 0 fully saturated rings. The standard InChI is InChI=1S/C12H11N5OS/c1-17(11-5-12(18)14-7-13-11)6-8-2-3-9-10(4-8)16-19-15-9/h2-5,7H,6H2,1H3,(H,13,14,18). The molecule has 96 valence electrons. The molecule has 19 heavy (non-hydrogen) atoms. The minimum Gasteiger partial charge on any atom is -0.355 e. The van der Waals surface area contributed by atoms with Crippen LogP contribution in [0.1, 0.15) is 5.56 Å². The molecular formula is C12H11N5OS. The van der Waals surface area contributed by atoms with Crippen molar-refractivity contribution in [3.8, 4) is 0 Å². The van der Waals surface area contributed by atoms with Gasteiger partial charge < -0.3 is 9.88 Å². The largest absolute Gasteiger partial charge is 0.355 e. The molecule has 3 rings (SSSR count). The lowest BCUT2D eigenvalue weighted by Gasteiger charge is -2.17. The first kappa shape index (κ1) is 11.8. The Morgan fingerprint density at radius 2 is 2.11 bits per heavy atom. The summed E-state index contributed by atoms with van der Waals surface area (Å²) < 4.78 is 8.38. The van der Waals surface area contributed by atoms with Crippen molar-refractivity contribution < 1.29 is 0 Å². The number of benzene rings is 1. The van der Waals surface area contributed by atoms with Crippen LogP contribution in [0.5, 0.6) is 0 Å². The number of fused-ring (bicyclic) bond motifs is 1. The Labute approximate surface area is 113 Å².